The first-order valence-electron chi connectivity index (χ1n) is 8.85. The van der Waals surface area contributed by atoms with Crippen molar-refractivity contribution in [3.63, 3.8) is 0 Å². The van der Waals surface area contributed by atoms with Gasteiger partial charge < -0.3 is 10.2 Å². The fourth-order valence-electron chi connectivity index (χ4n) is 2.70. The SMILES string of the molecule is CC(C)NC(=O)C(C)N(Cc1cccc(Cl)c1)C(=O)Cc1ccc(Cl)cc1. The van der Waals surface area contributed by atoms with Crippen LogP contribution in [0.2, 0.25) is 10.0 Å². The van der Waals surface area contributed by atoms with Crippen LogP contribution in [0.15, 0.2) is 48.5 Å². The standard InChI is InChI=1S/C21H24Cl2N2O2/c1-14(2)24-21(27)15(3)25(13-17-5-4-6-19(23)11-17)20(26)12-16-7-9-18(22)10-8-16/h4-11,14-15H,12-13H2,1-3H3,(H,24,27). The van der Waals surface area contributed by atoms with Gasteiger partial charge in [0.25, 0.3) is 0 Å². The highest BCUT2D eigenvalue weighted by Gasteiger charge is 2.26. The van der Waals surface area contributed by atoms with Gasteiger partial charge in [-0.1, -0.05) is 47.5 Å². The third-order valence-corrected chi connectivity index (χ3v) is 4.60. The lowest BCUT2D eigenvalue weighted by Crippen LogP contribution is -2.49. The molecule has 1 N–H and O–H groups in total. The molecule has 2 rings (SSSR count). The summed E-state index contributed by atoms with van der Waals surface area (Å²) in [6, 6.07) is 13.8. The number of carbonyl (C=O) groups is 2. The molecule has 0 radical (unpaired) electrons. The molecule has 0 saturated heterocycles. The molecule has 0 bridgehead atoms. The summed E-state index contributed by atoms with van der Waals surface area (Å²) in [6.07, 6.45) is 0.192. The first kappa shape index (κ1) is 21.3. The molecule has 6 heteroatoms. The number of hydrogen-bond acceptors (Lipinski definition) is 2. The average Bonchev–Trinajstić information content (AvgIpc) is 2.60. The summed E-state index contributed by atoms with van der Waals surface area (Å²) in [5.74, 6) is -0.319. The topological polar surface area (TPSA) is 49.4 Å². The molecule has 1 atom stereocenters. The molecule has 2 aromatic rings. The van der Waals surface area contributed by atoms with Crippen molar-refractivity contribution in [2.75, 3.05) is 0 Å². The van der Waals surface area contributed by atoms with E-state index in [2.05, 4.69) is 5.32 Å². The van der Waals surface area contributed by atoms with Gasteiger partial charge in [-0.2, -0.15) is 0 Å². The zero-order valence-corrected chi connectivity index (χ0v) is 17.2. The fourth-order valence-corrected chi connectivity index (χ4v) is 3.04. The van der Waals surface area contributed by atoms with Gasteiger partial charge in [0.1, 0.15) is 6.04 Å². The highest BCUT2D eigenvalue weighted by molar-refractivity contribution is 6.30. The normalized spacial score (nSPS) is 11.9. The van der Waals surface area contributed by atoms with Crippen LogP contribution in [0.5, 0.6) is 0 Å². The molecule has 0 aromatic heterocycles. The fraction of sp³-hybridized carbons (Fsp3) is 0.333. The maximum atomic E-state index is 13.0. The molecule has 0 saturated carbocycles. The highest BCUT2D eigenvalue weighted by Crippen LogP contribution is 2.17. The number of halogens is 2. The minimum Gasteiger partial charge on any atom is -0.352 e. The molecular formula is C21H24Cl2N2O2. The first-order chi connectivity index (χ1) is 12.8. The Balaban J connectivity index is 2.22. The van der Waals surface area contributed by atoms with Gasteiger partial charge in [-0.25, -0.2) is 0 Å². The molecule has 0 heterocycles. The Bertz CT molecular complexity index is 791. The number of benzene rings is 2. The van der Waals surface area contributed by atoms with Crippen molar-refractivity contribution in [1.29, 1.82) is 0 Å². The molecule has 0 spiro atoms. The summed E-state index contributed by atoms with van der Waals surface area (Å²) in [7, 11) is 0. The number of nitrogens with one attached hydrogen (secondary N) is 1. The number of rotatable bonds is 7. The molecule has 0 aliphatic heterocycles. The van der Waals surface area contributed by atoms with Gasteiger partial charge in [-0.05, 0) is 56.2 Å². The largest absolute Gasteiger partial charge is 0.352 e. The van der Waals surface area contributed by atoms with E-state index in [4.69, 9.17) is 23.2 Å². The lowest BCUT2D eigenvalue weighted by molar-refractivity contribution is -0.140. The van der Waals surface area contributed by atoms with Crippen LogP contribution in [0.4, 0.5) is 0 Å². The van der Waals surface area contributed by atoms with Crippen LogP contribution in [0.3, 0.4) is 0 Å². The number of hydrogen-bond donors (Lipinski definition) is 1. The van der Waals surface area contributed by atoms with Crippen molar-refractivity contribution >= 4 is 35.0 Å². The second-order valence-corrected chi connectivity index (χ2v) is 7.67. The van der Waals surface area contributed by atoms with Crippen LogP contribution in [-0.4, -0.2) is 28.8 Å². The van der Waals surface area contributed by atoms with E-state index in [1.165, 1.54) is 0 Å². The number of carbonyl (C=O) groups excluding carboxylic acids is 2. The third-order valence-electron chi connectivity index (χ3n) is 4.11. The smallest absolute Gasteiger partial charge is 0.242 e. The van der Waals surface area contributed by atoms with E-state index in [1.807, 2.05) is 38.1 Å². The Morgan fingerprint density at radius 2 is 1.63 bits per heavy atom. The molecule has 144 valence electrons. The van der Waals surface area contributed by atoms with E-state index in [-0.39, 0.29) is 24.3 Å². The van der Waals surface area contributed by atoms with Crippen LogP contribution in [-0.2, 0) is 22.6 Å². The van der Waals surface area contributed by atoms with E-state index in [0.717, 1.165) is 11.1 Å². The van der Waals surface area contributed by atoms with Crippen molar-refractivity contribution in [2.24, 2.45) is 0 Å². The van der Waals surface area contributed by atoms with Gasteiger partial charge in [-0.15, -0.1) is 0 Å². The maximum Gasteiger partial charge on any atom is 0.242 e. The van der Waals surface area contributed by atoms with Crippen molar-refractivity contribution in [1.82, 2.24) is 10.2 Å². The zero-order chi connectivity index (χ0) is 20.0. The monoisotopic (exact) mass is 406 g/mol. The van der Waals surface area contributed by atoms with Crippen LogP contribution < -0.4 is 5.32 Å². The van der Waals surface area contributed by atoms with E-state index >= 15 is 0 Å². The van der Waals surface area contributed by atoms with Gasteiger partial charge in [0.15, 0.2) is 0 Å². The van der Waals surface area contributed by atoms with Gasteiger partial charge in [0.05, 0.1) is 6.42 Å². The highest BCUT2D eigenvalue weighted by atomic mass is 35.5. The summed E-state index contributed by atoms with van der Waals surface area (Å²) in [5.41, 5.74) is 1.72. The van der Waals surface area contributed by atoms with Crippen LogP contribution >= 0.6 is 23.2 Å². The summed E-state index contributed by atoms with van der Waals surface area (Å²) < 4.78 is 0. The van der Waals surface area contributed by atoms with E-state index in [1.54, 1.807) is 36.1 Å². The summed E-state index contributed by atoms with van der Waals surface area (Å²) >= 11 is 12.0. The Labute approximate surface area is 170 Å². The molecule has 27 heavy (non-hydrogen) atoms. The zero-order valence-electron chi connectivity index (χ0n) is 15.7. The van der Waals surface area contributed by atoms with Gasteiger partial charge in [0.2, 0.25) is 11.8 Å². The average molecular weight is 407 g/mol. The molecular weight excluding hydrogens is 383 g/mol. The molecule has 0 fully saturated rings. The Morgan fingerprint density at radius 3 is 2.22 bits per heavy atom. The minimum absolute atomic E-state index is 0.000614. The molecule has 0 aliphatic carbocycles. The van der Waals surface area contributed by atoms with E-state index < -0.39 is 6.04 Å². The van der Waals surface area contributed by atoms with Crippen LogP contribution in [0.25, 0.3) is 0 Å². The summed E-state index contributed by atoms with van der Waals surface area (Å²) in [5, 5.41) is 4.08. The predicted octanol–water partition coefficient (Wildman–Crippen LogP) is 4.48. The second kappa shape index (κ2) is 9.77. The maximum absolute atomic E-state index is 13.0. The Morgan fingerprint density at radius 1 is 0.963 bits per heavy atom. The predicted molar refractivity (Wildman–Crippen MR) is 110 cm³/mol. The van der Waals surface area contributed by atoms with Crippen molar-refractivity contribution < 1.29 is 9.59 Å². The third kappa shape index (κ3) is 6.56. The molecule has 2 amide bonds. The van der Waals surface area contributed by atoms with Gasteiger partial charge >= 0.3 is 0 Å². The Kier molecular flexibility index (Phi) is 7.69. The number of amides is 2. The quantitative estimate of drug-likeness (QED) is 0.736. The van der Waals surface area contributed by atoms with Crippen molar-refractivity contribution in [2.45, 2.75) is 45.8 Å². The summed E-state index contributed by atoms with van der Waals surface area (Å²) in [4.78, 5) is 27.1. The van der Waals surface area contributed by atoms with Crippen LogP contribution in [0.1, 0.15) is 31.9 Å². The molecule has 4 nitrogen and oxygen atoms in total. The van der Waals surface area contributed by atoms with Gasteiger partial charge in [-0.3, -0.25) is 9.59 Å². The van der Waals surface area contributed by atoms with Crippen molar-refractivity contribution in [3.8, 4) is 0 Å². The van der Waals surface area contributed by atoms with Gasteiger partial charge in [0, 0.05) is 22.6 Å². The number of nitrogens with zero attached hydrogens (tertiary/aromatic N) is 1. The van der Waals surface area contributed by atoms with E-state index in [0.29, 0.717) is 16.6 Å². The Hall–Kier alpha value is -2.04. The first-order valence-corrected chi connectivity index (χ1v) is 9.60. The lowest BCUT2D eigenvalue weighted by Gasteiger charge is -2.29. The van der Waals surface area contributed by atoms with Crippen LogP contribution in [0, 0.1) is 0 Å². The molecule has 2 aromatic carbocycles. The summed E-state index contributed by atoms with van der Waals surface area (Å²) in [6.45, 7) is 5.82. The molecule has 0 aliphatic rings. The minimum atomic E-state index is -0.605. The second-order valence-electron chi connectivity index (χ2n) is 6.79. The lowest BCUT2D eigenvalue weighted by atomic mass is 10.1. The van der Waals surface area contributed by atoms with E-state index in [9.17, 15) is 9.59 Å². The molecule has 1 unspecified atom stereocenters. The van der Waals surface area contributed by atoms with Crippen molar-refractivity contribution in [3.05, 3.63) is 69.7 Å².